The molecule has 2 fully saturated rings. The first-order chi connectivity index (χ1) is 6.61. The van der Waals surface area contributed by atoms with E-state index < -0.39 is 0 Å². The van der Waals surface area contributed by atoms with Crippen LogP contribution in [0.3, 0.4) is 0 Å². The Balaban J connectivity index is 1.89. The summed E-state index contributed by atoms with van der Waals surface area (Å²) in [6, 6.07) is 0.610. The van der Waals surface area contributed by atoms with Crippen molar-refractivity contribution in [2.24, 2.45) is 10.9 Å². The van der Waals surface area contributed by atoms with E-state index in [0.717, 1.165) is 5.92 Å². The van der Waals surface area contributed by atoms with Gasteiger partial charge in [-0.25, -0.2) is 0 Å². The molecule has 0 aromatic rings. The number of hydrogen-bond acceptors (Lipinski definition) is 2. The van der Waals surface area contributed by atoms with Crippen LogP contribution in [-0.4, -0.2) is 22.5 Å². The summed E-state index contributed by atoms with van der Waals surface area (Å²) in [5.41, 5.74) is 0.291. The van der Waals surface area contributed by atoms with Gasteiger partial charge in [-0.1, -0.05) is 25.6 Å². The van der Waals surface area contributed by atoms with Gasteiger partial charge in [0.2, 0.25) is 0 Å². The second-order valence-electron chi connectivity index (χ2n) is 4.99. The van der Waals surface area contributed by atoms with Crippen LogP contribution in [0.25, 0.3) is 0 Å². The molecule has 2 nitrogen and oxygen atoms in total. The average molecular weight is 212 g/mol. The predicted molar refractivity (Wildman–Crippen MR) is 63.9 cm³/mol. The summed E-state index contributed by atoms with van der Waals surface area (Å²) in [4.78, 5) is 4.74. The minimum Gasteiger partial charge on any atom is -0.359 e. The Morgan fingerprint density at radius 3 is 2.79 bits per heavy atom. The van der Waals surface area contributed by atoms with E-state index >= 15 is 0 Å². The highest BCUT2D eigenvalue weighted by molar-refractivity contribution is 8.14. The SMILES string of the molecule is CCC1(C)CSC(=NC2CC(C)C2)N1. The standard InChI is InChI=1S/C11H20N2S/c1-4-11(3)7-14-10(13-11)12-9-5-8(2)6-9/h8-9H,4-7H2,1-3H3,(H,12,13). The van der Waals surface area contributed by atoms with Crippen molar-refractivity contribution in [1.29, 1.82) is 0 Å². The van der Waals surface area contributed by atoms with E-state index in [2.05, 4.69) is 26.1 Å². The fourth-order valence-corrected chi connectivity index (χ4v) is 3.22. The monoisotopic (exact) mass is 212 g/mol. The third-order valence-corrected chi connectivity index (χ3v) is 4.63. The number of aliphatic imine (C=N–C) groups is 1. The quantitative estimate of drug-likeness (QED) is 0.761. The summed E-state index contributed by atoms with van der Waals surface area (Å²) >= 11 is 1.89. The van der Waals surface area contributed by atoms with Gasteiger partial charge in [0.1, 0.15) is 0 Å². The van der Waals surface area contributed by atoms with Gasteiger partial charge in [-0.05, 0) is 32.1 Å². The largest absolute Gasteiger partial charge is 0.359 e. The molecule has 0 spiro atoms. The van der Waals surface area contributed by atoms with Crippen molar-refractivity contribution in [2.45, 2.75) is 51.6 Å². The van der Waals surface area contributed by atoms with E-state index in [0.29, 0.717) is 11.6 Å². The van der Waals surface area contributed by atoms with E-state index in [1.165, 1.54) is 30.2 Å². The first kappa shape index (κ1) is 10.3. The number of thioether (sulfide) groups is 1. The van der Waals surface area contributed by atoms with Crippen LogP contribution in [0.1, 0.15) is 40.0 Å². The summed E-state index contributed by atoms with van der Waals surface area (Å²) in [7, 11) is 0. The maximum atomic E-state index is 4.74. The lowest BCUT2D eigenvalue weighted by Crippen LogP contribution is -2.40. The van der Waals surface area contributed by atoms with Crippen molar-refractivity contribution in [1.82, 2.24) is 5.32 Å². The minimum absolute atomic E-state index is 0.291. The maximum Gasteiger partial charge on any atom is 0.157 e. The molecule has 2 rings (SSSR count). The molecule has 1 atom stereocenters. The van der Waals surface area contributed by atoms with Gasteiger partial charge in [0, 0.05) is 11.3 Å². The Morgan fingerprint density at radius 2 is 2.29 bits per heavy atom. The number of nitrogens with zero attached hydrogens (tertiary/aromatic N) is 1. The van der Waals surface area contributed by atoms with Crippen molar-refractivity contribution in [3.63, 3.8) is 0 Å². The van der Waals surface area contributed by atoms with Crippen LogP contribution in [0.2, 0.25) is 0 Å². The van der Waals surface area contributed by atoms with Gasteiger partial charge in [-0.2, -0.15) is 0 Å². The summed E-state index contributed by atoms with van der Waals surface area (Å²) in [6.07, 6.45) is 3.75. The molecule has 0 aromatic carbocycles. The molecule has 2 aliphatic rings. The zero-order valence-electron chi connectivity index (χ0n) is 9.34. The molecule has 14 heavy (non-hydrogen) atoms. The summed E-state index contributed by atoms with van der Waals surface area (Å²) in [5.74, 6) is 2.07. The maximum absolute atomic E-state index is 4.74. The van der Waals surface area contributed by atoms with Crippen molar-refractivity contribution in [3.05, 3.63) is 0 Å². The van der Waals surface area contributed by atoms with Gasteiger partial charge in [-0.3, -0.25) is 4.99 Å². The van der Waals surface area contributed by atoms with Gasteiger partial charge in [-0.15, -0.1) is 0 Å². The number of nitrogens with one attached hydrogen (secondary N) is 1. The number of hydrogen-bond donors (Lipinski definition) is 1. The smallest absolute Gasteiger partial charge is 0.157 e. The number of amidine groups is 1. The van der Waals surface area contributed by atoms with Crippen LogP contribution in [0, 0.1) is 5.92 Å². The second-order valence-corrected chi connectivity index (χ2v) is 5.96. The lowest BCUT2D eigenvalue weighted by molar-refractivity contribution is 0.291. The molecule has 0 bridgehead atoms. The Labute approximate surface area is 90.9 Å². The summed E-state index contributed by atoms with van der Waals surface area (Å²) in [5, 5.41) is 4.73. The van der Waals surface area contributed by atoms with Gasteiger partial charge in [0.05, 0.1) is 6.04 Å². The second kappa shape index (κ2) is 3.76. The molecule has 1 unspecified atom stereocenters. The lowest BCUT2D eigenvalue weighted by atomic mass is 9.82. The van der Waals surface area contributed by atoms with Crippen LogP contribution in [0.4, 0.5) is 0 Å². The Bertz CT molecular complexity index is 246. The Kier molecular flexibility index (Phi) is 2.78. The molecular formula is C11H20N2S. The molecule has 1 heterocycles. The molecule has 1 aliphatic heterocycles. The van der Waals surface area contributed by atoms with Gasteiger partial charge in [0.25, 0.3) is 0 Å². The summed E-state index contributed by atoms with van der Waals surface area (Å²) < 4.78 is 0. The molecule has 3 heteroatoms. The lowest BCUT2D eigenvalue weighted by Gasteiger charge is -2.29. The topological polar surface area (TPSA) is 24.4 Å². The minimum atomic E-state index is 0.291. The third-order valence-electron chi connectivity index (χ3n) is 3.37. The van der Waals surface area contributed by atoms with E-state index in [4.69, 9.17) is 4.99 Å². The highest BCUT2D eigenvalue weighted by Crippen LogP contribution is 2.32. The normalized spacial score (nSPS) is 44.9. The van der Waals surface area contributed by atoms with Crippen molar-refractivity contribution >= 4 is 16.9 Å². The first-order valence-electron chi connectivity index (χ1n) is 5.60. The molecule has 0 aromatic heterocycles. The van der Waals surface area contributed by atoms with Gasteiger partial charge >= 0.3 is 0 Å². The zero-order valence-corrected chi connectivity index (χ0v) is 10.2. The highest BCUT2D eigenvalue weighted by Gasteiger charge is 2.32. The van der Waals surface area contributed by atoms with E-state index in [9.17, 15) is 0 Å². The molecule has 0 amide bonds. The van der Waals surface area contributed by atoms with E-state index in [-0.39, 0.29) is 0 Å². The van der Waals surface area contributed by atoms with Crippen LogP contribution in [0.5, 0.6) is 0 Å². The van der Waals surface area contributed by atoms with Crippen molar-refractivity contribution in [3.8, 4) is 0 Å². The van der Waals surface area contributed by atoms with Crippen LogP contribution >= 0.6 is 11.8 Å². The Hall–Kier alpha value is -0.180. The number of rotatable bonds is 2. The average Bonchev–Trinajstić information content (AvgIpc) is 2.46. The van der Waals surface area contributed by atoms with Crippen LogP contribution in [-0.2, 0) is 0 Å². The molecule has 1 saturated heterocycles. The van der Waals surface area contributed by atoms with E-state index in [1.807, 2.05) is 11.8 Å². The van der Waals surface area contributed by atoms with Crippen LogP contribution < -0.4 is 5.32 Å². The summed E-state index contributed by atoms with van der Waals surface area (Å²) in [6.45, 7) is 6.83. The first-order valence-corrected chi connectivity index (χ1v) is 6.58. The third kappa shape index (κ3) is 2.08. The predicted octanol–water partition coefficient (Wildman–Crippen LogP) is 2.65. The molecule has 80 valence electrons. The zero-order chi connectivity index (χ0) is 10.2. The molecule has 1 aliphatic carbocycles. The molecule has 1 N–H and O–H groups in total. The van der Waals surface area contributed by atoms with Crippen molar-refractivity contribution in [2.75, 3.05) is 5.75 Å². The van der Waals surface area contributed by atoms with Gasteiger partial charge in [0.15, 0.2) is 5.17 Å². The Morgan fingerprint density at radius 1 is 1.57 bits per heavy atom. The molecule has 0 radical (unpaired) electrons. The highest BCUT2D eigenvalue weighted by atomic mass is 32.2. The van der Waals surface area contributed by atoms with E-state index in [1.54, 1.807) is 0 Å². The molecule has 1 saturated carbocycles. The molecular weight excluding hydrogens is 192 g/mol. The fourth-order valence-electron chi connectivity index (χ4n) is 1.95. The van der Waals surface area contributed by atoms with Gasteiger partial charge < -0.3 is 5.32 Å². The van der Waals surface area contributed by atoms with Crippen LogP contribution in [0.15, 0.2) is 4.99 Å². The van der Waals surface area contributed by atoms with Crippen molar-refractivity contribution < 1.29 is 0 Å². The fraction of sp³-hybridized carbons (Fsp3) is 0.909.